The van der Waals surface area contributed by atoms with Crippen molar-refractivity contribution < 1.29 is 19.1 Å². The monoisotopic (exact) mass is 231 g/mol. The molecule has 1 atom stereocenters. The summed E-state index contributed by atoms with van der Waals surface area (Å²) in [5.41, 5.74) is 0. The topological polar surface area (TPSA) is 55.8 Å². The summed E-state index contributed by atoms with van der Waals surface area (Å²) < 4.78 is 9.11. The fourth-order valence-electron chi connectivity index (χ4n) is 1.15. The average Bonchev–Trinajstić information content (AvgIpc) is 2.65. The molecular weight excluding hydrogens is 217 g/mol. The van der Waals surface area contributed by atoms with Crippen LogP contribution in [0.1, 0.15) is 0 Å². The van der Waals surface area contributed by atoms with E-state index in [1.807, 2.05) is 11.7 Å². The Bertz CT molecular complexity index is 324. The van der Waals surface area contributed by atoms with E-state index in [0.29, 0.717) is 6.16 Å². The lowest BCUT2D eigenvalue weighted by Gasteiger charge is -2.09. The molecule has 0 aliphatic carbocycles. The molecule has 0 N–H and O–H groups in total. The first-order valence-electron chi connectivity index (χ1n) is 4.44. The Balaban J connectivity index is 2.45. The van der Waals surface area contributed by atoms with Gasteiger partial charge in [-0.25, -0.2) is 0 Å². The number of rotatable bonds is 4. The van der Waals surface area contributed by atoms with Crippen LogP contribution < -0.4 is 0 Å². The molecule has 0 aromatic carbocycles. The summed E-state index contributed by atoms with van der Waals surface area (Å²) in [7, 11) is 1.73. The van der Waals surface area contributed by atoms with Crippen LogP contribution in [-0.2, 0) is 19.1 Å². The van der Waals surface area contributed by atoms with Gasteiger partial charge < -0.3 is 14.4 Å². The molecule has 5 nitrogen and oxygen atoms in total. The zero-order valence-corrected chi connectivity index (χ0v) is 9.73. The second-order valence-corrected chi connectivity index (χ2v) is 5.12. The van der Waals surface area contributed by atoms with E-state index in [1.54, 1.807) is 11.1 Å². The molecule has 0 aromatic rings. The Morgan fingerprint density at radius 2 is 1.93 bits per heavy atom. The Kier molecular flexibility index (Phi) is 4.43. The quantitative estimate of drug-likeness (QED) is 0.507. The molecule has 0 amide bonds. The summed E-state index contributed by atoms with van der Waals surface area (Å²) in [5.74, 6) is 3.34. The summed E-state index contributed by atoms with van der Waals surface area (Å²) in [6.45, 7) is 0.197. The van der Waals surface area contributed by atoms with Gasteiger partial charge in [0.2, 0.25) is 0 Å². The highest BCUT2D eigenvalue weighted by atomic mass is 31.1. The molecule has 84 valence electrons. The van der Waals surface area contributed by atoms with Crippen LogP contribution in [0.3, 0.4) is 0 Å². The van der Waals surface area contributed by atoms with Crippen molar-refractivity contribution in [1.82, 2.24) is 4.90 Å². The molecule has 0 fully saturated rings. The van der Waals surface area contributed by atoms with Crippen LogP contribution in [0.15, 0.2) is 12.0 Å². The summed E-state index contributed by atoms with van der Waals surface area (Å²) in [6, 6.07) is 0. The predicted molar refractivity (Wildman–Crippen MR) is 59.1 cm³/mol. The molecule has 6 heteroatoms. The Hall–Kier alpha value is -1.22. The first-order chi connectivity index (χ1) is 7.15. The van der Waals surface area contributed by atoms with Crippen molar-refractivity contribution in [3.05, 3.63) is 12.0 Å². The van der Waals surface area contributed by atoms with Crippen LogP contribution in [0, 0.1) is 0 Å². The van der Waals surface area contributed by atoms with Gasteiger partial charge in [-0.3, -0.25) is 9.59 Å². The van der Waals surface area contributed by atoms with Crippen molar-refractivity contribution in [3.63, 3.8) is 0 Å². The fraction of sp³-hybridized carbons (Fsp3) is 0.444. The van der Waals surface area contributed by atoms with Gasteiger partial charge in [0.25, 0.3) is 0 Å². The number of hydrogen-bond acceptors (Lipinski definition) is 5. The second kappa shape index (κ2) is 5.61. The second-order valence-electron chi connectivity index (χ2n) is 3.02. The van der Waals surface area contributed by atoms with E-state index < -0.39 is 7.55 Å². The first kappa shape index (κ1) is 11.9. The van der Waals surface area contributed by atoms with Crippen LogP contribution in [0.2, 0.25) is 0 Å². The predicted octanol–water partition coefficient (Wildman–Crippen LogP) is 0.0931. The molecule has 1 heterocycles. The minimum atomic E-state index is -0.987. The van der Waals surface area contributed by atoms with Gasteiger partial charge in [-0.05, 0) is 5.82 Å². The molecule has 0 spiro atoms. The van der Waals surface area contributed by atoms with Gasteiger partial charge in [-0.2, -0.15) is 0 Å². The van der Waals surface area contributed by atoms with Crippen LogP contribution in [0.4, 0.5) is 0 Å². The average molecular weight is 231 g/mol. The number of esters is 2. The maximum Gasteiger partial charge on any atom is 0.325 e. The van der Waals surface area contributed by atoms with Crippen LogP contribution >= 0.6 is 7.55 Å². The molecule has 0 saturated carbocycles. The minimum absolute atomic E-state index is 0.197. The SMILES string of the molecule is COC(=O)CN1C=C[PH](CC(=O)OC)=C1. The largest absolute Gasteiger partial charge is 0.469 e. The van der Waals surface area contributed by atoms with Crippen molar-refractivity contribution in [1.29, 1.82) is 0 Å². The van der Waals surface area contributed by atoms with Gasteiger partial charge in [0.1, 0.15) is 6.54 Å². The summed E-state index contributed by atoms with van der Waals surface area (Å²) in [5, 5.41) is 0. The van der Waals surface area contributed by atoms with Crippen molar-refractivity contribution in [3.8, 4) is 0 Å². The molecule has 0 bridgehead atoms. The fourth-order valence-corrected chi connectivity index (χ4v) is 2.91. The van der Waals surface area contributed by atoms with E-state index in [2.05, 4.69) is 9.47 Å². The maximum absolute atomic E-state index is 11.0. The van der Waals surface area contributed by atoms with Gasteiger partial charge in [0.05, 0.1) is 20.4 Å². The van der Waals surface area contributed by atoms with Crippen molar-refractivity contribution in [2.75, 3.05) is 26.9 Å². The standard InChI is InChI=1S/C9H14NO4P/c1-13-8(11)5-10-3-4-15(7-10)6-9(12)14-2/h3-4,7,15H,5-6H2,1-2H3. The molecular formula is C9H14NO4P. The van der Waals surface area contributed by atoms with Crippen LogP contribution in [0.25, 0.3) is 0 Å². The van der Waals surface area contributed by atoms with Gasteiger partial charge in [-0.1, -0.05) is 7.55 Å². The lowest BCUT2D eigenvalue weighted by Crippen LogP contribution is -2.22. The van der Waals surface area contributed by atoms with Gasteiger partial charge in [0, 0.05) is 12.1 Å². The number of carbonyl (C=O) groups excluding carboxylic acids is 2. The lowest BCUT2D eigenvalue weighted by molar-refractivity contribution is -0.140. The smallest absolute Gasteiger partial charge is 0.325 e. The van der Waals surface area contributed by atoms with Crippen LogP contribution in [-0.4, -0.2) is 49.7 Å². The summed E-state index contributed by atoms with van der Waals surface area (Å²) >= 11 is 0. The van der Waals surface area contributed by atoms with E-state index in [9.17, 15) is 9.59 Å². The number of nitrogens with zero attached hydrogens (tertiary/aromatic N) is 1. The first-order valence-corrected chi connectivity index (χ1v) is 6.30. The molecule has 15 heavy (non-hydrogen) atoms. The number of carbonyl (C=O) groups is 2. The number of methoxy groups -OCH3 is 2. The van der Waals surface area contributed by atoms with E-state index in [0.717, 1.165) is 0 Å². The number of hydrogen-bond donors (Lipinski definition) is 0. The van der Waals surface area contributed by atoms with E-state index in [4.69, 9.17) is 0 Å². The van der Waals surface area contributed by atoms with Gasteiger partial charge >= 0.3 is 11.9 Å². The summed E-state index contributed by atoms with van der Waals surface area (Å²) in [4.78, 5) is 23.7. The normalized spacial score (nSPS) is 18.5. The third kappa shape index (κ3) is 3.80. The summed E-state index contributed by atoms with van der Waals surface area (Å²) in [6.07, 6.45) is 2.20. The van der Waals surface area contributed by atoms with Crippen LogP contribution in [0.5, 0.6) is 0 Å². The highest BCUT2D eigenvalue weighted by Gasteiger charge is 2.11. The third-order valence-electron chi connectivity index (χ3n) is 1.93. The Morgan fingerprint density at radius 1 is 1.27 bits per heavy atom. The Morgan fingerprint density at radius 3 is 2.53 bits per heavy atom. The van der Waals surface area contributed by atoms with Crippen molar-refractivity contribution >= 4 is 25.4 Å². The zero-order valence-electron chi connectivity index (χ0n) is 8.73. The third-order valence-corrected chi connectivity index (χ3v) is 3.86. The molecule has 1 aliphatic heterocycles. The molecule has 1 unspecified atom stereocenters. The van der Waals surface area contributed by atoms with Crippen molar-refractivity contribution in [2.24, 2.45) is 0 Å². The van der Waals surface area contributed by atoms with Crippen molar-refractivity contribution in [2.45, 2.75) is 0 Å². The van der Waals surface area contributed by atoms with Gasteiger partial charge in [-0.15, -0.1) is 0 Å². The molecule has 0 aromatic heterocycles. The molecule has 0 saturated heterocycles. The van der Waals surface area contributed by atoms with E-state index in [1.165, 1.54) is 14.2 Å². The zero-order chi connectivity index (χ0) is 11.3. The highest BCUT2D eigenvalue weighted by molar-refractivity contribution is 7.61. The lowest BCUT2D eigenvalue weighted by atomic mass is 10.6. The van der Waals surface area contributed by atoms with Gasteiger partial charge in [0.15, 0.2) is 0 Å². The highest BCUT2D eigenvalue weighted by Crippen LogP contribution is 2.28. The Labute approximate surface area is 89.0 Å². The minimum Gasteiger partial charge on any atom is -0.469 e. The van der Waals surface area contributed by atoms with E-state index in [-0.39, 0.29) is 18.5 Å². The molecule has 1 aliphatic rings. The molecule has 0 radical (unpaired) electrons. The maximum atomic E-state index is 11.0. The number of ether oxygens (including phenoxy) is 2. The molecule has 1 rings (SSSR count). The van der Waals surface area contributed by atoms with E-state index >= 15 is 0 Å².